The largest absolute Gasteiger partial charge is 0.355 e. The molecule has 0 unspecified atom stereocenters. The van der Waals surface area contributed by atoms with Crippen molar-refractivity contribution in [2.45, 2.75) is 142 Å². The van der Waals surface area contributed by atoms with Gasteiger partial charge < -0.3 is 4.89 Å². The Morgan fingerprint density at radius 3 is 1.06 bits per heavy atom. The summed E-state index contributed by atoms with van der Waals surface area (Å²) < 4.78 is 10.6. The molecule has 194 valence electrons. The highest BCUT2D eigenvalue weighted by Gasteiger charge is 2.09. The lowest BCUT2D eigenvalue weighted by atomic mass is 10.1. The lowest BCUT2D eigenvalue weighted by molar-refractivity contribution is 0.435. The summed E-state index contributed by atoms with van der Waals surface area (Å²) in [5.74, 6) is 2.15. The molecule has 0 atom stereocenters. The molecule has 0 heterocycles. The first kappa shape index (κ1) is 33.7. The lowest BCUT2D eigenvalue weighted by Crippen LogP contribution is -1.83. The highest BCUT2D eigenvalue weighted by atomic mass is 33.1. The number of hydrogen-bond acceptors (Lipinski definition) is 7. The van der Waals surface area contributed by atoms with Crippen LogP contribution in [0.5, 0.6) is 0 Å². The molecule has 0 fully saturated rings. The van der Waals surface area contributed by atoms with Crippen molar-refractivity contribution in [1.29, 1.82) is 0 Å². The van der Waals surface area contributed by atoms with Gasteiger partial charge in [0.25, 0.3) is 0 Å². The van der Waals surface area contributed by atoms with Gasteiger partial charge in [0.15, 0.2) is 0 Å². The molecule has 0 rings (SSSR count). The van der Waals surface area contributed by atoms with E-state index >= 15 is 0 Å². The zero-order valence-electron chi connectivity index (χ0n) is 20.9. The predicted molar refractivity (Wildman–Crippen MR) is 155 cm³/mol. The minimum atomic E-state index is -1.77. The van der Waals surface area contributed by atoms with Crippen molar-refractivity contribution in [2.24, 2.45) is 0 Å². The number of rotatable bonds is 28. The van der Waals surface area contributed by atoms with Gasteiger partial charge in [-0.15, -0.1) is 0 Å². The summed E-state index contributed by atoms with van der Waals surface area (Å²) in [5.41, 5.74) is 0. The molecule has 0 amide bonds. The van der Waals surface area contributed by atoms with Crippen LogP contribution in [0.3, 0.4) is 0 Å². The molecule has 0 spiro atoms. The topological polar surface area (TPSA) is 38.7 Å². The Balaban J connectivity index is 3.13. The Morgan fingerprint density at radius 1 is 0.469 bits per heavy atom. The molecule has 0 aromatic carbocycles. The van der Waals surface area contributed by atoms with E-state index in [4.69, 9.17) is 7.94 Å². The van der Waals surface area contributed by atoms with Gasteiger partial charge in [0.2, 0.25) is 0 Å². The highest BCUT2D eigenvalue weighted by molar-refractivity contribution is 8.76. The third-order valence-corrected chi connectivity index (χ3v) is 10.7. The number of hydrogen-bond donors (Lipinski definition) is 1. The minimum Gasteiger partial charge on any atom is -0.327 e. The van der Waals surface area contributed by atoms with Gasteiger partial charge in [-0.05, 0) is 12.8 Å². The van der Waals surface area contributed by atoms with Crippen molar-refractivity contribution < 1.29 is 12.8 Å². The average molecular weight is 547 g/mol. The summed E-state index contributed by atoms with van der Waals surface area (Å²) in [6.45, 7) is 4.54. The molecule has 0 radical (unpaired) electrons. The van der Waals surface area contributed by atoms with Crippen LogP contribution in [0.1, 0.15) is 142 Å². The van der Waals surface area contributed by atoms with Crippen LogP contribution >= 0.6 is 52.3 Å². The van der Waals surface area contributed by atoms with Crippen molar-refractivity contribution >= 4 is 52.3 Å². The van der Waals surface area contributed by atoms with Crippen molar-refractivity contribution in [3.63, 3.8) is 0 Å². The maximum Gasteiger partial charge on any atom is 0.355 e. The second-order valence-corrected chi connectivity index (χ2v) is 14.0. The molecular weight excluding hydrogens is 496 g/mol. The van der Waals surface area contributed by atoms with E-state index in [9.17, 15) is 4.89 Å². The van der Waals surface area contributed by atoms with E-state index in [1.807, 2.05) is 0 Å². The maximum atomic E-state index is 9.76. The molecule has 0 saturated heterocycles. The van der Waals surface area contributed by atoms with Gasteiger partial charge in [-0.1, -0.05) is 151 Å². The Labute approximate surface area is 218 Å². The van der Waals surface area contributed by atoms with Gasteiger partial charge >= 0.3 is 8.60 Å². The summed E-state index contributed by atoms with van der Waals surface area (Å²) in [4.78, 5) is 9.76. The van der Waals surface area contributed by atoms with Crippen LogP contribution in [-0.4, -0.2) is 16.4 Å². The fraction of sp³-hybridized carbons (Fsp3) is 1.00. The Morgan fingerprint density at radius 2 is 0.750 bits per heavy atom. The van der Waals surface area contributed by atoms with Crippen LogP contribution < -0.4 is 0 Å². The van der Waals surface area contributed by atoms with E-state index in [0.717, 1.165) is 11.5 Å². The quantitative estimate of drug-likeness (QED) is 0.0452. The van der Waals surface area contributed by atoms with Crippen LogP contribution in [0.25, 0.3) is 0 Å². The summed E-state index contributed by atoms with van der Waals surface area (Å²) >= 11 is 2.55. The van der Waals surface area contributed by atoms with Gasteiger partial charge in [0.1, 0.15) is 0 Å². The van der Waals surface area contributed by atoms with E-state index in [1.165, 1.54) is 151 Å². The molecule has 1 N–H and O–H groups in total. The first-order valence-corrected chi connectivity index (χ1v) is 18.8. The average Bonchev–Trinajstić information content (AvgIpc) is 2.80. The molecule has 8 heteroatoms. The first-order valence-electron chi connectivity index (χ1n) is 13.2. The monoisotopic (exact) mass is 546 g/mol. The van der Waals surface area contributed by atoms with Crippen LogP contribution in [-0.2, 0) is 7.94 Å². The molecule has 0 aromatic heterocycles. The van der Waals surface area contributed by atoms with Crippen molar-refractivity contribution in [3.8, 4) is 0 Å². The SMILES string of the molecule is CCCCCCCCCCCCSSOP(O)OSSCCCCCCCCCCCC. The maximum absolute atomic E-state index is 9.76. The molecule has 0 aliphatic carbocycles. The van der Waals surface area contributed by atoms with Gasteiger partial charge in [-0.3, -0.25) is 0 Å². The smallest absolute Gasteiger partial charge is 0.327 e. The summed E-state index contributed by atoms with van der Waals surface area (Å²) in [6.07, 6.45) is 27.3. The van der Waals surface area contributed by atoms with Crippen LogP contribution in [0, 0.1) is 0 Å². The minimum absolute atomic E-state index is 1.07. The molecule has 32 heavy (non-hydrogen) atoms. The number of unbranched alkanes of at least 4 members (excludes halogenated alkanes) is 18. The normalized spacial score (nSPS) is 11.6. The highest BCUT2D eigenvalue weighted by Crippen LogP contribution is 2.48. The fourth-order valence-electron chi connectivity index (χ4n) is 3.47. The van der Waals surface area contributed by atoms with Gasteiger partial charge in [-0.2, -0.15) is 0 Å². The molecule has 3 nitrogen and oxygen atoms in total. The lowest BCUT2D eigenvalue weighted by Gasteiger charge is -2.07. The van der Waals surface area contributed by atoms with E-state index in [2.05, 4.69) is 13.8 Å². The zero-order valence-corrected chi connectivity index (χ0v) is 25.1. The van der Waals surface area contributed by atoms with E-state index in [1.54, 1.807) is 21.6 Å². The molecule has 0 aliphatic heterocycles. The third kappa shape index (κ3) is 29.7. The predicted octanol–water partition coefficient (Wildman–Crippen LogP) is 11.7. The summed E-state index contributed by atoms with van der Waals surface area (Å²) in [7, 11) is 1.58. The van der Waals surface area contributed by atoms with Gasteiger partial charge in [-0.25, -0.2) is 7.94 Å². The molecular formula is C24H51O3PS4. The summed E-state index contributed by atoms with van der Waals surface area (Å²) in [5, 5.41) is 0. The van der Waals surface area contributed by atoms with Crippen molar-refractivity contribution in [1.82, 2.24) is 0 Å². The summed E-state index contributed by atoms with van der Waals surface area (Å²) in [6, 6.07) is 0. The van der Waals surface area contributed by atoms with Crippen molar-refractivity contribution in [2.75, 3.05) is 11.5 Å². The van der Waals surface area contributed by atoms with E-state index in [0.29, 0.717) is 0 Å². The second kappa shape index (κ2) is 30.7. The van der Waals surface area contributed by atoms with Crippen molar-refractivity contribution in [3.05, 3.63) is 0 Å². The van der Waals surface area contributed by atoms with Crippen LogP contribution in [0.4, 0.5) is 0 Å². The van der Waals surface area contributed by atoms with E-state index < -0.39 is 8.60 Å². The zero-order chi connectivity index (χ0) is 23.4. The Hall–Kier alpha value is 1.71. The third-order valence-electron chi connectivity index (χ3n) is 5.45. The molecule has 0 aliphatic rings. The molecule has 0 bridgehead atoms. The fourth-order valence-corrected chi connectivity index (χ4v) is 8.16. The van der Waals surface area contributed by atoms with Crippen LogP contribution in [0.2, 0.25) is 0 Å². The molecule has 0 aromatic rings. The van der Waals surface area contributed by atoms with Gasteiger partial charge in [0.05, 0.1) is 22.1 Å². The second-order valence-electron chi connectivity index (χ2n) is 8.53. The Kier molecular flexibility index (Phi) is 32.4. The Bertz CT molecular complexity index is 314. The van der Waals surface area contributed by atoms with Crippen LogP contribution in [0.15, 0.2) is 0 Å². The van der Waals surface area contributed by atoms with E-state index in [-0.39, 0.29) is 0 Å². The molecule has 0 saturated carbocycles. The standard InChI is InChI=1S/C24H51O3PS4/c1-3-5-7-9-11-13-15-17-19-21-23-29-31-26-28(25)27-32-30-24-22-20-18-16-14-12-10-8-6-4-2/h25H,3-24H2,1-2H3. The first-order chi connectivity index (χ1) is 15.8. The van der Waals surface area contributed by atoms with Gasteiger partial charge in [0, 0.05) is 11.5 Å².